The maximum atomic E-state index is 4.49. The van der Waals surface area contributed by atoms with Gasteiger partial charge in [0.2, 0.25) is 0 Å². The predicted molar refractivity (Wildman–Crippen MR) is 80.5 cm³/mol. The molecule has 0 saturated heterocycles. The molecule has 0 radical (unpaired) electrons. The molecule has 5 nitrogen and oxygen atoms in total. The van der Waals surface area contributed by atoms with Gasteiger partial charge in [-0.15, -0.1) is 0 Å². The topological polar surface area (TPSA) is 54.2 Å². The lowest BCUT2D eigenvalue weighted by Gasteiger charge is -2.16. The van der Waals surface area contributed by atoms with Crippen LogP contribution in [0.25, 0.3) is 0 Å². The summed E-state index contributed by atoms with van der Waals surface area (Å²) in [5, 5.41) is 11.1. The number of hydrogen-bond donors (Lipinski definition) is 2. The second-order valence-corrected chi connectivity index (χ2v) is 5.09. The van der Waals surface area contributed by atoms with Crippen molar-refractivity contribution in [2.24, 2.45) is 10.9 Å². The number of nitrogens with one attached hydrogen (secondary N) is 2. The van der Waals surface area contributed by atoms with Crippen LogP contribution >= 0.6 is 0 Å². The molecule has 0 aliphatic heterocycles. The molecule has 0 aliphatic carbocycles. The van der Waals surface area contributed by atoms with E-state index < -0.39 is 0 Å². The van der Waals surface area contributed by atoms with Crippen molar-refractivity contribution in [3.05, 3.63) is 17.5 Å². The Labute approximate surface area is 116 Å². The van der Waals surface area contributed by atoms with Gasteiger partial charge in [-0.2, -0.15) is 5.10 Å². The lowest BCUT2D eigenvalue weighted by molar-refractivity contribution is 0.436. The average molecular weight is 265 g/mol. The third kappa shape index (κ3) is 5.32. The highest BCUT2D eigenvalue weighted by Crippen LogP contribution is 2.05. The van der Waals surface area contributed by atoms with E-state index in [1.807, 2.05) is 6.92 Å². The van der Waals surface area contributed by atoms with E-state index in [1.54, 1.807) is 7.05 Å². The predicted octanol–water partition coefficient (Wildman–Crippen LogP) is 1.71. The lowest BCUT2D eigenvalue weighted by atomic mass is 10.2. The molecule has 0 aromatic carbocycles. The molecule has 108 valence electrons. The Bertz CT molecular complexity index is 408. The number of aromatic nitrogens is 2. The van der Waals surface area contributed by atoms with E-state index in [2.05, 4.69) is 52.2 Å². The summed E-state index contributed by atoms with van der Waals surface area (Å²) in [7, 11) is 1.80. The van der Waals surface area contributed by atoms with Crippen LogP contribution in [-0.4, -0.2) is 35.9 Å². The highest BCUT2D eigenvalue weighted by atomic mass is 15.3. The van der Waals surface area contributed by atoms with E-state index in [1.165, 1.54) is 5.69 Å². The quantitative estimate of drug-likeness (QED) is 0.608. The van der Waals surface area contributed by atoms with Crippen LogP contribution in [0.15, 0.2) is 11.1 Å². The number of aryl methyl sites for hydroxylation is 2. The molecule has 1 unspecified atom stereocenters. The fraction of sp³-hybridized carbons (Fsp3) is 0.714. The third-order valence-corrected chi connectivity index (χ3v) is 2.97. The zero-order valence-electron chi connectivity index (χ0n) is 12.8. The van der Waals surface area contributed by atoms with Crippen molar-refractivity contribution in [2.75, 3.05) is 20.1 Å². The first-order valence-electron chi connectivity index (χ1n) is 7.02. The number of aliphatic imine (C=N–C) groups is 1. The second-order valence-electron chi connectivity index (χ2n) is 5.09. The number of rotatable bonds is 6. The van der Waals surface area contributed by atoms with Crippen LogP contribution in [-0.2, 0) is 6.54 Å². The first kappa shape index (κ1) is 15.5. The number of nitrogens with zero attached hydrogens (tertiary/aromatic N) is 3. The Morgan fingerprint density at radius 1 is 1.42 bits per heavy atom. The molecule has 1 atom stereocenters. The minimum absolute atomic E-state index is 0.498. The molecule has 0 amide bonds. The molecule has 0 spiro atoms. The van der Waals surface area contributed by atoms with Crippen LogP contribution in [0.1, 0.15) is 31.7 Å². The second kappa shape index (κ2) is 7.81. The molecular formula is C14H27N5. The van der Waals surface area contributed by atoms with Gasteiger partial charge in [0.25, 0.3) is 0 Å². The fourth-order valence-corrected chi connectivity index (χ4v) is 1.95. The summed E-state index contributed by atoms with van der Waals surface area (Å²) in [6, 6.07) is 2.11. The maximum Gasteiger partial charge on any atom is 0.190 e. The number of hydrogen-bond acceptors (Lipinski definition) is 2. The van der Waals surface area contributed by atoms with E-state index in [4.69, 9.17) is 0 Å². The smallest absolute Gasteiger partial charge is 0.190 e. The molecule has 1 rings (SSSR count). The largest absolute Gasteiger partial charge is 0.356 e. The van der Waals surface area contributed by atoms with Crippen molar-refractivity contribution >= 4 is 5.96 Å². The van der Waals surface area contributed by atoms with Gasteiger partial charge in [-0.3, -0.25) is 9.67 Å². The average Bonchev–Trinajstić information content (AvgIpc) is 2.68. The minimum Gasteiger partial charge on any atom is -0.356 e. The fourth-order valence-electron chi connectivity index (χ4n) is 1.95. The first-order chi connectivity index (χ1) is 9.06. The highest BCUT2D eigenvalue weighted by Gasteiger charge is 2.07. The normalized spacial score (nSPS) is 13.4. The third-order valence-electron chi connectivity index (χ3n) is 2.97. The zero-order chi connectivity index (χ0) is 14.3. The molecule has 19 heavy (non-hydrogen) atoms. The minimum atomic E-state index is 0.498. The molecule has 0 saturated carbocycles. The standard InChI is InChI=1S/C14H27N5/c1-6-7-16-14(15-5)17-9-11(2)10-19-13(4)8-12(3)18-19/h8,11H,6-7,9-10H2,1-5H3,(H2,15,16,17). The van der Waals surface area contributed by atoms with Crippen LogP contribution < -0.4 is 10.6 Å². The van der Waals surface area contributed by atoms with Crippen LogP contribution in [0.4, 0.5) is 0 Å². The molecular weight excluding hydrogens is 238 g/mol. The van der Waals surface area contributed by atoms with Gasteiger partial charge in [0.1, 0.15) is 0 Å². The Hall–Kier alpha value is -1.52. The van der Waals surface area contributed by atoms with Crippen LogP contribution in [0.5, 0.6) is 0 Å². The monoisotopic (exact) mass is 265 g/mol. The Morgan fingerprint density at radius 2 is 2.16 bits per heavy atom. The van der Waals surface area contributed by atoms with Crippen molar-refractivity contribution in [1.29, 1.82) is 0 Å². The van der Waals surface area contributed by atoms with E-state index in [0.29, 0.717) is 5.92 Å². The van der Waals surface area contributed by atoms with Crippen LogP contribution in [0.3, 0.4) is 0 Å². The molecule has 1 aromatic heterocycles. The zero-order valence-corrected chi connectivity index (χ0v) is 12.8. The van der Waals surface area contributed by atoms with Crippen molar-refractivity contribution in [2.45, 2.75) is 40.7 Å². The maximum absolute atomic E-state index is 4.49. The number of guanidine groups is 1. The van der Waals surface area contributed by atoms with Gasteiger partial charge in [0.15, 0.2) is 5.96 Å². The van der Waals surface area contributed by atoms with Gasteiger partial charge in [0.05, 0.1) is 5.69 Å². The summed E-state index contributed by atoms with van der Waals surface area (Å²) >= 11 is 0. The molecule has 2 N–H and O–H groups in total. The van der Waals surface area contributed by atoms with Crippen molar-refractivity contribution in [3.8, 4) is 0 Å². The van der Waals surface area contributed by atoms with E-state index in [9.17, 15) is 0 Å². The Balaban J connectivity index is 2.39. The summed E-state index contributed by atoms with van der Waals surface area (Å²) in [6.07, 6.45) is 1.10. The molecule has 5 heteroatoms. The summed E-state index contributed by atoms with van der Waals surface area (Å²) < 4.78 is 2.07. The molecule has 1 heterocycles. The summed E-state index contributed by atoms with van der Waals surface area (Å²) in [5.41, 5.74) is 2.30. The van der Waals surface area contributed by atoms with Gasteiger partial charge in [0, 0.05) is 32.4 Å². The Kier molecular flexibility index (Phi) is 6.39. The van der Waals surface area contributed by atoms with Crippen LogP contribution in [0, 0.1) is 19.8 Å². The molecule has 1 aromatic rings. The van der Waals surface area contributed by atoms with Gasteiger partial charge >= 0.3 is 0 Å². The van der Waals surface area contributed by atoms with E-state index in [0.717, 1.165) is 37.7 Å². The summed E-state index contributed by atoms with van der Waals surface area (Å²) in [5.74, 6) is 1.38. The van der Waals surface area contributed by atoms with E-state index >= 15 is 0 Å². The van der Waals surface area contributed by atoms with Gasteiger partial charge < -0.3 is 10.6 Å². The van der Waals surface area contributed by atoms with Crippen molar-refractivity contribution < 1.29 is 0 Å². The van der Waals surface area contributed by atoms with Gasteiger partial charge in [-0.1, -0.05) is 13.8 Å². The first-order valence-corrected chi connectivity index (χ1v) is 7.02. The SMILES string of the molecule is CCCNC(=NC)NCC(C)Cn1nc(C)cc1C. The highest BCUT2D eigenvalue weighted by molar-refractivity contribution is 5.79. The molecule has 0 aliphatic rings. The summed E-state index contributed by atoms with van der Waals surface area (Å²) in [4.78, 5) is 4.20. The van der Waals surface area contributed by atoms with E-state index in [-0.39, 0.29) is 0 Å². The van der Waals surface area contributed by atoms with Crippen LogP contribution in [0.2, 0.25) is 0 Å². The molecule has 0 fully saturated rings. The van der Waals surface area contributed by atoms with Gasteiger partial charge in [-0.05, 0) is 32.3 Å². The summed E-state index contributed by atoms with van der Waals surface area (Å²) in [6.45, 7) is 11.3. The molecule has 0 bridgehead atoms. The lowest BCUT2D eigenvalue weighted by Crippen LogP contribution is -2.40. The van der Waals surface area contributed by atoms with Gasteiger partial charge in [-0.25, -0.2) is 0 Å². The van der Waals surface area contributed by atoms with Crippen molar-refractivity contribution in [1.82, 2.24) is 20.4 Å². The van der Waals surface area contributed by atoms with Crippen molar-refractivity contribution in [3.63, 3.8) is 0 Å². The Morgan fingerprint density at radius 3 is 2.68 bits per heavy atom.